The molecule has 2 aromatic rings. The SMILES string of the molecule is CNc1ccc(Oc2ncns2)cc1. The molecule has 14 heavy (non-hydrogen) atoms. The molecule has 0 amide bonds. The molecule has 72 valence electrons. The summed E-state index contributed by atoms with van der Waals surface area (Å²) in [6, 6.07) is 7.65. The quantitative estimate of drug-likeness (QED) is 0.839. The number of hydrogen-bond donors (Lipinski definition) is 1. The molecule has 1 aromatic carbocycles. The molecular weight excluding hydrogens is 198 g/mol. The minimum atomic E-state index is 0.558. The summed E-state index contributed by atoms with van der Waals surface area (Å²) in [5, 5.41) is 3.59. The summed E-state index contributed by atoms with van der Waals surface area (Å²) in [5.74, 6) is 0.765. The number of nitrogens with one attached hydrogen (secondary N) is 1. The average Bonchev–Trinajstić information content (AvgIpc) is 2.72. The summed E-state index contributed by atoms with van der Waals surface area (Å²) in [7, 11) is 1.88. The molecule has 1 N–H and O–H groups in total. The van der Waals surface area contributed by atoms with Crippen molar-refractivity contribution in [2.45, 2.75) is 0 Å². The zero-order valence-corrected chi connectivity index (χ0v) is 8.41. The molecule has 1 heterocycles. The van der Waals surface area contributed by atoms with Crippen molar-refractivity contribution in [2.75, 3.05) is 12.4 Å². The van der Waals surface area contributed by atoms with E-state index < -0.39 is 0 Å². The summed E-state index contributed by atoms with van der Waals surface area (Å²) < 4.78 is 9.28. The van der Waals surface area contributed by atoms with Crippen LogP contribution in [0.25, 0.3) is 0 Å². The zero-order chi connectivity index (χ0) is 9.80. The van der Waals surface area contributed by atoms with Gasteiger partial charge >= 0.3 is 0 Å². The van der Waals surface area contributed by atoms with E-state index in [9.17, 15) is 0 Å². The predicted octanol–water partition coefficient (Wildman–Crippen LogP) is 2.37. The summed E-state index contributed by atoms with van der Waals surface area (Å²) in [6.45, 7) is 0. The maximum atomic E-state index is 5.43. The lowest BCUT2D eigenvalue weighted by atomic mass is 10.3. The molecule has 0 aliphatic rings. The molecule has 2 rings (SSSR count). The van der Waals surface area contributed by atoms with Crippen LogP contribution in [-0.2, 0) is 0 Å². The van der Waals surface area contributed by atoms with Crippen LogP contribution in [0.2, 0.25) is 0 Å². The maximum Gasteiger partial charge on any atom is 0.298 e. The van der Waals surface area contributed by atoms with Crippen molar-refractivity contribution in [1.82, 2.24) is 9.36 Å². The third kappa shape index (κ3) is 2.00. The maximum absolute atomic E-state index is 5.43. The second-order valence-electron chi connectivity index (χ2n) is 2.58. The minimum Gasteiger partial charge on any atom is -0.430 e. The summed E-state index contributed by atoms with van der Waals surface area (Å²) in [6.07, 6.45) is 1.47. The van der Waals surface area contributed by atoms with Crippen LogP contribution >= 0.6 is 11.5 Å². The Bertz CT molecular complexity index is 385. The van der Waals surface area contributed by atoms with E-state index in [1.54, 1.807) is 0 Å². The molecule has 0 spiro atoms. The highest BCUT2D eigenvalue weighted by atomic mass is 32.1. The van der Waals surface area contributed by atoms with Crippen LogP contribution in [0.15, 0.2) is 30.6 Å². The Labute approximate surface area is 85.7 Å². The molecule has 0 saturated heterocycles. The van der Waals surface area contributed by atoms with E-state index in [1.165, 1.54) is 17.9 Å². The first-order chi connectivity index (χ1) is 6.88. The molecule has 0 aliphatic heterocycles. The van der Waals surface area contributed by atoms with E-state index in [1.807, 2.05) is 31.3 Å². The van der Waals surface area contributed by atoms with Gasteiger partial charge in [0, 0.05) is 24.3 Å². The molecule has 0 saturated carbocycles. The normalized spacial score (nSPS) is 9.79. The number of rotatable bonds is 3. The van der Waals surface area contributed by atoms with Crippen LogP contribution in [0.5, 0.6) is 10.9 Å². The summed E-state index contributed by atoms with van der Waals surface area (Å²) in [4.78, 5) is 3.92. The Morgan fingerprint density at radius 1 is 1.29 bits per heavy atom. The third-order valence-electron chi connectivity index (χ3n) is 1.69. The van der Waals surface area contributed by atoms with Gasteiger partial charge in [0.15, 0.2) is 0 Å². The first-order valence-corrected chi connectivity index (χ1v) is 4.88. The molecule has 0 radical (unpaired) electrons. The smallest absolute Gasteiger partial charge is 0.298 e. The van der Waals surface area contributed by atoms with Gasteiger partial charge in [0.05, 0.1) is 0 Å². The molecule has 0 aliphatic carbocycles. The Kier molecular flexibility index (Phi) is 2.60. The van der Waals surface area contributed by atoms with Crippen LogP contribution in [0.4, 0.5) is 5.69 Å². The Hall–Kier alpha value is -1.62. The molecule has 0 atom stereocenters. The summed E-state index contributed by atoms with van der Waals surface area (Å²) >= 11 is 1.23. The van der Waals surface area contributed by atoms with Gasteiger partial charge in [0.2, 0.25) is 0 Å². The fourth-order valence-corrected chi connectivity index (χ4v) is 1.41. The second kappa shape index (κ2) is 4.06. The van der Waals surface area contributed by atoms with E-state index in [4.69, 9.17) is 4.74 Å². The lowest BCUT2D eigenvalue weighted by Crippen LogP contribution is -1.87. The van der Waals surface area contributed by atoms with Crippen molar-refractivity contribution >= 4 is 17.2 Å². The lowest BCUT2D eigenvalue weighted by molar-refractivity contribution is 0.479. The standard InChI is InChI=1S/C9H9N3OS/c1-10-7-2-4-8(5-3-7)13-9-11-6-12-14-9/h2-6,10H,1H3. The van der Waals surface area contributed by atoms with Crippen LogP contribution in [0.3, 0.4) is 0 Å². The highest BCUT2D eigenvalue weighted by Crippen LogP contribution is 2.22. The Morgan fingerprint density at radius 3 is 2.64 bits per heavy atom. The van der Waals surface area contributed by atoms with Crippen molar-refractivity contribution in [3.63, 3.8) is 0 Å². The fourth-order valence-electron chi connectivity index (χ4n) is 0.998. The van der Waals surface area contributed by atoms with Crippen molar-refractivity contribution in [2.24, 2.45) is 0 Å². The van der Waals surface area contributed by atoms with E-state index >= 15 is 0 Å². The van der Waals surface area contributed by atoms with Crippen molar-refractivity contribution in [1.29, 1.82) is 0 Å². The van der Waals surface area contributed by atoms with Gasteiger partial charge in [-0.3, -0.25) is 0 Å². The number of aromatic nitrogens is 2. The molecular formula is C9H9N3OS. The van der Waals surface area contributed by atoms with Crippen molar-refractivity contribution < 1.29 is 4.74 Å². The van der Waals surface area contributed by atoms with Gasteiger partial charge in [-0.15, -0.1) is 0 Å². The lowest BCUT2D eigenvalue weighted by Gasteiger charge is -2.02. The predicted molar refractivity (Wildman–Crippen MR) is 56.0 cm³/mol. The second-order valence-corrected chi connectivity index (χ2v) is 3.33. The molecule has 0 bridgehead atoms. The van der Waals surface area contributed by atoms with E-state index in [2.05, 4.69) is 14.7 Å². The van der Waals surface area contributed by atoms with Crippen LogP contribution in [-0.4, -0.2) is 16.4 Å². The van der Waals surface area contributed by atoms with E-state index in [0.29, 0.717) is 5.19 Å². The van der Waals surface area contributed by atoms with Gasteiger partial charge in [-0.05, 0) is 24.3 Å². The monoisotopic (exact) mass is 207 g/mol. The number of anilines is 1. The van der Waals surface area contributed by atoms with Gasteiger partial charge in [-0.25, -0.2) is 0 Å². The van der Waals surface area contributed by atoms with Gasteiger partial charge < -0.3 is 10.1 Å². The highest BCUT2D eigenvalue weighted by molar-refractivity contribution is 7.07. The number of nitrogens with zero attached hydrogens (tertiary/aromatic N) is 2. The third-order valence-corrected chi connectivity index (χ3v) is 2.23. The Balaban J connectivity index is 2.10. The molecule has 5 heteroatoms. The largest absolute Gasteiger partial charge is 0.430 e. The summed E-state index contributed by atoms with van der Waals surface area (Å²) in [5.41, 5.74) is 1.05. The number of ether oxygens (including phenoxy) is 1. The fraction of sp³-hybridized carbons (Fsp3) is 0.111. The highest BCUT2D eigenvalue weighted by Gasteiger charge is 1.99. The Morgan fingerprint density at radius 2 is 2.07 bits per heavy atom. The van der Waals surface area contributed by atoms with Gasteiger partial charge in [-0.1, -0.05) is 0 Å². The van der Waals surface area contributed by atoms with Crippen molar-refractivity contribution in [3.05, 3.63) is 30.6 Å². The van der Waals surface area contributed by atoms with Gasteiger partial charge in [-0.2, -0.15) is 9.36 Å². The van der Waals surface area contributed by atoms with Crippen LogP contribution in [0, 0.1) is 0 Å². The molecule has 0 fully saturated rings. The molecule has 4 nitrogen and oxygen atoms in total. The zero-order valence-electron chi connectivity index (χ0n) is 7.60. The molecule has 0 unspecified atom stereocenters. The average molecular weight is 207 g/mol. The van der Waals surface area contributed by atoms with Crippen LogP contribution in [0.1, 0.15) is 0 Å². The first-order valence-electron chi connectivity index (χ1n) is 4.11. The topological polar surface area (TPSA) is 47.0 Å². The van der Waals surface area contributed by atoms with Gasteiger partial charge in [0.25, 0.3) is 5.19 Å². The van der Waals surface area contributed by atoms with Gasteiger partial charge in [0.1, 0.15) is 12.1 Å². The van der Waals surface area contributed by atoms with E-state index in [0.717, 1.165) is 11.4 Å². The molecule has 1 aromatic heterocycles. The minimum absolute atomic E-state index is 0.558. The van der Waals surface area contributed by atoms with Crippen molar-refractivity contribution in [3.8, 4) is 10.9 Å². The van der Waals surface area contributed by atoms with Crippen LogP contribution < -0.4 is 10.1 Å². The van der Waals surface area contributed by atoms with E-state index in [-0.39, 0.29) is 0 Å². The number of hydrogen-bond acceptors (Lipinski definition) is 5. The number of benzene rings is 1. The first kappa shape index (κ1) is 8.96.